The van der Waals surface area contributed by atoms with Crippen LogP contribution in [-0.4, -0.2) is 61.3 Å². The van der Waals surface area contributed by atoms with Crippen LogP contribution in [0.4, 0.5) is 0 Å². The zero-order valence-corrected chi connectivity index (χ0v) is 16.9. The normalized spacial score (nSPS) is 11.0. The summed E-state index contributed by atoms with van der Waals surface area (Å²) in [6.07, 6.45) is 13.2. The van der Waals surface area contributed by atoms with E-state index in [1.807, 2.05) is 36.5 Å². The van der Waals surface area contributed by atoms with E-state index in [0.29, 0.717) is 0 Å². The summed E-state index contributed by atoms with van der Waals surface area (Å²) in [5.41, 5.74) is 0. The maximum absolute atomic E-state index is 3.93. The van der Waals surface area contributed by atoms with Gasteiger partial charge in [-0.2, -0.15) is 0 Å². The molecule has 0 aromatic carbocycles. The molecule has 0 amide bonds. The first-order valence-electron chi connectivity index (χ1n) is 8.43. The summed E-state index contributed by atoms with van der Waals surface area (Å²) in [6, 6.07) is 0. The fraction of sp³-hybridized carbons (Fsp3) is 0.429. The van der Waals surface area contributed by atoms with Crippen LogP contribution >= 0.6 is 0 Å². The molecule has 0 unspecified atom stereocenters. The lowest BCUT2D eigenvalue weighted by molar-refractivity contribution is -0.930. The summed E-state index contributed by atoms with van der Waals surface area (Å²) in [5, 5.41) is 0. The highest BCUT2D eigenvalue weighted by Gasteiger charge is 2.27. The van der Waals surface area contributed by atoms with Crippen molar-refractivity contribution in [3.05, 3.63) is 75.9 Å². The second-order valence-corrected chi connectivity index (χ2v) is 6.31. The highest BCUT2D eigenvalue weighted by molar-refractivity contribution is 4.78. The van der Waals surface area contributed by atoms with E-state index in [-0.39, 0.29) is 17.0 Å². The van der Waals surface area contributed by atoms with Crippen molar-refractivity contribution in [1.82, 2.24) is 0 Å². The second-order valence-electron chi connectivity index (χ2n) is 6.31. The van der Waals surface area contributed by atoms with Crippen molar-refractivity contribution in [1.29, 1.82) is 0 Å². The molecule has 0 bridgehead atoms. The van der Waals surface area contributed by atoms with Crippen LogP contribution in [0, 0.1) is 0 Å². The van der Waals surface area contributed by atoms with Gasteiger partial charge in [-0.3, -0.25) is 0 Å². The first-order chi connectivity index (χ1) is 11.1. The lowest BCUT2D eigenvalue weighted by atomic mass is 10.2. The quantitative estimate of drug-likeness (QED) is 0.271. The minimum Gasteiger partial charge on any atom is -1.00 e. The Morgan fingerprint density at radius 1 is 0.458 bits per heavy atom. The van der Waals surface area contributed by atoms with Crippen LogP contribution < -0.4 is 17.0 Å². The molecule has 0 aliphatic rings. The first-order valence-corrected chi connectivity index (χ1v) is 8.43. The molecule has 136 valence electrons. The van der Waals surface area contributed by atoms with E-state index in [2.05, 4.69) is 39.5 Å². The van der Waals surface area contributed by atoms with Crippen LogP contribution in [0.25, 0.3) is 0 Å². The molecular formula is C21H36BrN2+. The number of rotatable bonds is 16. The molecule has 0 fully saturated rings. The van der Waals surface area contributed by atoms with E-state index in [1.165, 1.54) is 0 Å². The van der Waals surface area contributed by atoms with Gasteiger partial charge < -0.3 is 25.9 Å². The molecule has 3 heteroatoms. The van der Waals surface area contributed by atoms with Gasteiger partial charge in [-0.15, -0.1) is 0 Å². The Balaban J connectivity index is 0. The van der Waals surface area contributed by atoms with Crippen molar-refractivity contribution in [3.63, 3.8) is 0 Å². The third-order valence-electron chi connectivity index (χ3n) is 4.36. The zero-order valence-electron chi connectivity index (χ0n) is 15.3. The minimum atomic E-state index is 0. The molecule has 0 heterocycles. The average Bonchev–Trinajstić information content (AvgIpc) is 2.49. The molecule has 2 nitrogen and oxygen atoms in total. The van der Waals surface area contributed by atoms with Gasteiger partial charge in [0, 0.05) is 6.42 Å². The van der Waals surface area contributed by atoms with E-state index >= 15 is 0 Å². The van der Waals surface area contributed by atoms with E-state index in [1.54, 1.807) is 0 Å². The molecule has 0 aromatic heterocycles. The van der Waals surface area contributed by atoms with Crippen LogP contribution in [0.1, 0.15) is 6.42 Å². The van der Waals surface area contributed by atoms with Crippen molar-refractivity contribution >= 4 is 0 Å². The summed E-state index contributed by atoms with van der Waals surface area (Å²) in [4.78, 5) is 0. The molecule has 0 atom stereocenters. The lowest BCUT2D eigenvalue weighted by Gasteiger charge is -2.39. The third-order valence-corrected chi connectivity index (χ3v) is 4.36. The van der Waals surface area contributed by atoms with Crippen LogP contribution in [-0.2, 0) is 0 Å². The highest BCUT2D eigenvalue weighted by atomic mass is 79.9. The Hall–Kier alpha value is -1.16. The third kappa shape index (κ3) is 8.62. The molecule has 0 saturated carbocycles. The van der Waals surface area contributed by atoms with Gasteiger partial charge in [0.2, 0.25) is 0 Å². The van der Waals surface area contributed by atoms with E-state index in [0.717, 1.165) is 67.7 Å². The smallest absolute Gasteiger partial charge is 0.0975 e. The summed E-state index contributed by atoms with van der Waals surface area (Å²) in [5.74, 6) is 0. The number of halogens is 1. The summed E-state index contributed by atoms with van der Waals surface area (Å²) in [6.45, 7) is 31.4. The Kier molecular flexibility index (Phi) is 14.8. The topological polar surface area (TPSA) is 0 Å². The van der Waals surface area contributed by atoms with Gasteiger partial charge in [0.15, 0.2) is 0 Å². The van der Waals surface area contributed by atoms with Crippen molar-refractivity contribution < 1.29 is 25.9 Å². The number of nitrogens with zero attached hydrogens (tertiary/aromatic N) is 2. The molecule has 24 heavy (non-hydrogen) atoms. The van der Waals surface area contributed by atoms with Crippen molar-refractivity contribution in [3.8, 4) is 0 Å². The molecule has 0 aliphatic heterocycles. The Labute approximate surface area is 160 Å². The predicted molar refractivity (Wildman–Crippen MR) is 105 cm³/mol. The Morgan fingerprint density at radius 3 is 0.833 bits per heavy atom. The summed E-state index contributed by atoms with van der Waals surface area (Å²) < 4.78 is 1.90. The van der Waals surface area contributed by atoms with Gasteiger partial charge in [-0.05, 0) is 36.5 Å². The minimum absolute atomic E-state index is 0. The monoisotopic (exact) mass is 395 g/mol. The maximum Gasteiger partial charge on any atom is 0.0975 e. The lowest BCUT2D eigenvalue weighted by Crippen LogP contribution is -3.00. The largest absolute Gasteiger partial charge is 1.00 e. The van der Waals surface area contributed by atoms with Gasteiger partial charge in [-0.25, -0.2) is 0 Å². The predicted octanol–water partition coefficient (Wildman–Crippen LogP) is 1.13. The van der Waals surface area contributed by atoms with Crippen LogP contribution in [0.15, 0.2) is 75.9 Å². The summed E-state index contributed by atoms with van der Waals surface area (Å²) in [7, 11) is 0. The highest BCUT2D eigenvalue weighted by Crippen LogP contribution is 2.14. The molecule has 0 rings (SSSR count). The van der Waals surface area contributed by atoms with Crippen molar-refractivity contribution in [2.45, 2.75) is 6.42 Å². The standard InChI is InChI=1S/C21H36N2.BrH/c1-7-14-22(15-8-2,16-9-3)20-13-21-23(17-10-4,18-11-5)19-12-6;/h7-12H,1-6,13-21H2;1H/q+2;/p-1. The number of quaternary nitrogens is 2. The Bertz CT molecular complexity index is 321. The molecule has 0 saturated heterocycles. The molecule has 0 spiro atoms. The summed E-state index contributed by atoms with van der Waals surface area (Å²) >= 11 is 0. The molecule has 0 radical (unpaired) electrons. The SMILES string of the molecule is C=CC[N+](CC=C)(CC=C)CCC[N+](CC=C)(CC=C)CC=C.[Br-]. The van der Waals surface area contributed by atoms with Gasteiger partial charge >= 0.3 is 0 Å². The maximum atomic E-state index is 3.93. The fourth-order valence-electron chi connectivity index (χ4n) is 3.38. The van der Waals surface area contributed by atoms with Gasteiger partial charge in [0.05, 0.1) is 52.4 Å². The molecule has 0 aromatic rings. The number of hydrogen-bond donors (Lipinski definition) is 0. The van der Waals surface area contributed by atoms with Gasteiger partial charge in [0.1, 0.15) is 0 Å². The van der Waals surface area contributed by atoms with Crippen molar-refractivity contribution in [2.24, 2.45) is 0 Å². The fourth-order valence-corrected chi connectivity index (χ4v) is 3.38. The van der Waals surface area contributed by atoms with E-state index in [4.69, 9.17) is 0 Å². The second kappa shape index (κ2) is 14.2. The van der Waals surface area contributed by atoms with Gasteiger partial charge in [0.25, 0.3) is 0 Å². The first kappa shape index (κ1) is 25.1. The van der Waals surface area contributed by atoms with E-state index < -0.39 is 0 Å². The van der Waals surface area contributed by atoms with Crippen LogP contribution in [0.2, 0.25) is 0 Å². The number of hydrogen-bond acceptors (Lipinski definition) is 0. The van der Waals surface area contributed by atoms with E-state index in [9.17, 15) is 0 Å². The Morgan fingerprint density at radius 2 is 0.667 bits per heavy atom. The van der Waals surface area contributed by atoms with Gasteiger partial charge in [-0.1, -0.05) is 39.5 Å². The molecule has 0 aliphatic carbocycles. The average molecular weight is 396 g/mol. The molecular weight excluding hydrogens is 360 g/mol. The van der Waals surface area contributed by atoms with Crippen LogP contribution in [0.3, 0.4) is 0 Å². The zero-order chi connectivity index (χ0) is 17.6. The molecule has 0 N–H and O–H groups in total. The van der Waals surface area contributed by atoms with Crippen molar-refractivity contribution in [2.75, 3.05) is 52.4 Å². The van der Waals surface area contributed by atoms with Crippen LogP contribution in [0.5, 0.6) is 0 Å².